The van der Waals surface area contributed by atoms with Gasteiger partial charge in [0.15, 0.2) is 6.29 Å². The Morgan fingerprint density at radius 2 is 2.08 bits per heavy atom. The monoisotopic (exact) mass is 202 g/mol. The number of carbonyl (C=O) groups excluding carboxylic acids is 1. The fourth-order valence-electron chi connectivity index (χ4n) is 0.383. The molecule has 0 amide bonds. The van der Waals surface area contributed by atoms with E-state index < -0.39 is 5.97 Å². The highest BCUT2D eigenvalue weighted by atomic mass is 35.5. The predicted molar refractivity (Wildman–Crippen MR) is 45.7 cm³/mol. The summed E-state index contributed by atoms with van der Waals surface area (Å²) in [5.41, 5.74) is 0.291. The number of halogens is 1. The number of carbonyl (C=O) groups is 2. The molecule has 1 rings (SSSR count). The Hall–Kier alpha value is -1.49. The molecule has 1 N–H and O–H groups in total. The van der Waals surface area contributed by atoms with Crippen LogP contribution in [0.4, 0.5) is 0 Å². The molecule has 0 aliphatic heterocycles. The summed E-state index contributed by atoms with van der Waals surface area (Å²) in [6.07, 6.45) is 3.25. The van der Waals surface area contributed by atoms with Crippen molar-refractivity contribution in [2.45, 2.75) is 6.92 Å². The molecule has 0 atom stereocenters. The van der Waals surface area contributed by atoms with E-state index in [2.05, 4.69) is 9.97 Å². The molecule has 13 heavy (non-hydrogen) atoms. The van der Waals surface area contributed by atoms with Gasteiger partial charge in [-0.3, -0.25) is 9.59 Å². The van der Waals surface area contributed by atoms with Crippen LogP contribution in [-0.2, 0) is 4.79 Å². The first-order valence-electron chi connectivity index (χ1n) is 3.18. The van der Waals surface area contributed by atoms with E-state index in [1.54, 1.807) is 0 Å². The summed E-state index contributed by atoms with van der Waals surface area (Å²) < 4.78 is 0. The molecule has 0 saturated heterocycles. The summed E-state index contributed by atoms with van der Waals surface area (Å²) in [6.45, 7) is 1.08. The van der Waals surface area contributed by atoms with Crippen LogP contribution in [0.3, 0.4) is 0 Å². The lowest BCUT2D eigenvalue weighted by Gasteiger charge is -1.86. The summed E-state index contributed by atoms with van der Waals surface area (Å²) in [5.74, 6) is -0.833. The number of rotatable bonds is 1. The number of aromatic nitrogens is 2. The molecule has 6 heteroatoms. The SMILES string of the molecule is CC(=O)O.O=Cc1cnc(Cl)cn1. The van der Waals surface area contributed by atoms with Gasteiger partial charge in [-0.25, -0.2) is 9.97 Å². The molecule has 0 bridgehead atoms. The van der Waals surface area contributed by atoms with Crippen molar-refractivity contribution in [3.63, 3.8) is 0 Å². The van der Waals surface area contributed by atoms with Crippen LogP contribution in [0.25, 0.3) is 0 Å². The van der Waals surface area contributed by atoms with E-state index in [1.807, 2.05) is 0 Å². The zero-order chi connectivity index (χ0) is 10.3. The molecule has 0 aliphatic rings. The molecule has 0 unspecified atom stereocenters. The van der Waals surface area contributed by atoms with Crippen molar-refractivity contribution < 1.29 is 14.7 Å². The van der Waals surface area contributed by atoms with Crippen molar-refractivity contribution in [2.75, 3.05) is 0 Å². The topological polar surface area (TPSA) is 80.1 Å². The molecular formula is C7H7ClN2O3. The van der Waals surface area contributed by atoms with Crippen molar-refractivity contribution in [3.05, 3.63) is 23.2 Å². The Morgan fingerprint density at radius 1 is 1.54 bits per heavy atom. The molecule has 0 spiro atoms. The van der Waals surface area contributed by atoms with E-state index in [9.17, 15) is 4.79 Å². The van der Waals surface area contributed by atoms with Gasteiger partial charge in [-0.05, 0) is 0 Å². The Bertz CT molecular complexity index is 282. The fraction of sp³-hybridized carbons (Fsp3) is 0.143. The van der Waals surface area contributed by atoms with Crippen molar-refractivity contribution in [3.8, 4) is 0 Å². The summed E-state index contributed by atoms with van der Waals surface area (Å²) in [7, 11) is 0. The smallest absolute Gasteiger partial charge is 0.300 e. The van der Waals surface area contributed by atoms with E-state index >= 15 is 0 Å². The van der Waals surface area contributed by atoms with Gasteiger partial charge in [0.1, 0.15) is 10.8 Å². The van der Waals surface area contributed by atoms with Crippen molar-refractivity contribution in [2.24, 2.45) is 0 Å². The minimum atomic E-state index is -0.833. The number of aliphatic carboxylic acids is 1. The highest BCUT2D eigenvalue weighted by Gasteiger charge is 1.89. The van der Waals surface area contributed by atoms with Gasteiger partial charge in [0, 0.05) is 6.92 Å². The molecule has 1 aromatic rings. The van der Waals surface area contributed by atoms with Gasteiger partial charge < -0.3 is 5.11 Å². The second-order valence-electron chi connectivity index (χ2n) is 1.90. The van der Waals surface area contributed by atoms with Gasteiger partial charge in [0.2, 0.25) is 0 Å². The Kier molecular flexibility index (Phi) is 5.38. The van der Waals surface area contributed by atoms with E-state index in [0.29, 0.717) is 17.1 Å². The summed E-state index contributed by atoms with van der Waals surface area (Å²) in [5, 5.41) is 7.71. The Balaban J connectivity index is 0.000000310. The highest BCUT2D eigenvalue weighted by Crippen LogP contribution is 1.98. The highest BCUT2D eigenvalue weighted by molar-refractivity contribution is 6.29. The maximum Gasteiger partial charge on any atom is 0.300 e. The lowest BCUT2D eigenvalue weighted by atomic mass is 10.5. The summed E-state index contributed by atoms with van der Waals surface area (Å²) >= 11 is 5.38. The number of hydrogen-bond donors (Lipinski definition) is 1. The van der Waals surface area contributed by atoms with Gasteiger partial charge in [-0.2, -0.15) is 0 Å². The molecule has 1 aromatic heterocycles. The third-order valence-corrected chi connectivity index (χ3v) is 0.956. The van der Waals surface area contributed by atoms with Gasteiger partial charge in [0.25, 0.3) is 5.97 Å². The van der Waals surface area contributed by atoms with Gasteiger partial charge in [-0.1, -0.05) is 11.6 Å². The molecule has 5 nitrogen and oxygen atoms in total. The average Bonchev–Trinajstić information content (AvgIpc) is 2.05. The van der Waals surface area contributed by atoms with Crippen LogP contribution in [0, 0.1) is 0 Å². The molecule has 0 fully saturated rings. The average molecular weight is 203 g/mol. The van der Waals surface area contributed by atoms with Crippen LogP contribution >= 0.6 is 11.6 Å². The van der Waals surface area contributed by atoms with Gasteiger partial charge in [-0.15, -0.1) is 0 Å². The van der Waals surface area contributed by atoms with Crippen molar-refractivity contribution >= 4 is 23.9 Å². The maximum atomic E-state index is 9.97. The number of hydrogen-bond acceptors (Lipinski definition) is 4. The van der Waals surface area contributed by atoms with E-state index in [-0.39, 0.29) is 0 Å². The Labute approximate surface area is 79.4 Å². The summed E-state index contributed by atoms with van der Waals surface area (Å²) in [6, 6.07) is 0. The molecule has 0 aromatic carbocycles. The second-order valence-corrected chi connectivity index (χ2v) is 2.29. The fourth-order valence-corrected chi connectivity index (χ4v) is 0.481. The molecule has 0 aliphatic carbocycles. The molecular weight excluding hydrogens is 196 g/mol. The Morgan fingerprint density at radius 3 is 2.38 bits per heavy atom. The lowest BCUT2D eigenvalue weighted by molar-refractivity contribution is -0.134. The lowest BCUT2D eigenvalue weighted by Crippen LogP contribution is -1.86. The van der Waals surface area contributed by atoms with E-state index in [1.165, 1.54) is 12.4 Å². The first kappa shape index (κ1) is 11.5. The molecule has 1 heterocycles. The minimum absolute atomic E-state index is 0.291. The second kappa shape index (κ2) is 6.07. The summed E-state index contributed by atoms with van der Waals surface area (Å²) in [4.78, 5) is 26.2. The predicted octanol–water partition coefficient (Wildman–Crippen LogP) is 1.03. The number of carboxylic acid groups (broad SMARTS) is 1. The number of nitrogens with zero attached hydrogens (tertiary/aromatic N) is 2. The van der Waals surface area contributed by atoms with Crippen LogP contribution in [0.2, 0.25) is 5.15 Å². The number of carboxylic acids is 1. The van der Waals surface area contributed by atoms with E-state index in [0.717, 1.165) is 6.92 Å². The zero-order valence-corrected chi connectivity index (χ0v) is 7.52. The van der Waals surface area contributed by atoms with Crippen molar-refractivity contribution in [1.29, 1.82) is 0 Å². The maximum absolute atomic E-state index is 9.97. The van der Waals surface area contributed by atoms with Gasteiger partial charge >= 0.3 is 0 Å². The van der Waals surface area contributed by atoms with Crippen LogP contribution in [0.1, 0.15) is 17.4 Å². The third kappa shape index (κ3) is 6.89. The minimum Gasteiger partial charge on any atom is -0.481 e. The number of aldehydes is 1. The zero-order valence-electron chi connectivity index (χ0n) is 6.77. The molecule has 0 saturated carbocycles. The standard InChI is InChI=1S/C5H3ClN2O.C2H4O2/c6-5-2-7-4(3-9)1-8-5;1-2(3)4/h1-3H;1H3,(H,3,4). The first-order chi connectivity index (χ1) is 6.06. The van der Waals surface area contributed by atoms with E-state index in [4.69, 9.17) is 21.5 Å². The quantitative estimate of drug-likeness (QED) is 0.688. The van der Waals surface area contributed by atoms with Crippen LogP contribution in [-0.4, -0.2) is 27.3 Å². The molecule has 70 valence electrons. The first-order valence-corrected chi connectivity index (χ1v) is 3.56. The third-order valence-electron chi connectivity index (χ3n) is 0.761. The molecule has 0 radical (unpaired) electrons. The largest absolute Gasteiger partial charge is 0.481 e. The van der Waals surface area contributed by atoms with Crippen LogP contribution < -0.4 is 0 Å². The van der Waals surface area contributed by atoms with Crippen LogP contribution in [0.5, 0.6) is 0 Å². The normalized spacial score (nSPS) is 8.15. The van der Waals surface area contributed by atoms with Gasteiger partial charge in [0.05, 0.1) is 12.4 Å². The van der Waals surface area contributed by atoms with Crippen molar-refractivity contribution in [1.82, 2.24) is 9.97 Å². The van der Waals surface area contributed by atoms with Crippen LogP contribution in [0.15, 0.2) is 12.4 Å².